The number of carbonyl (C=O) groups is 3. The molecule has 0 heterocycles. The zero-order valence-electron chi connectivity index (χ0n) is 50.0. The van der Waals surface area contributed by atoms with E-state index in [2.05, 4.69) is 118 Å². The molecular formula is C70H120O6. The van der Waals surface area contributed by atoms with E-state index in [0.717, 1.165) is 103 Å². The fourth-order valence-electron chi connectivity index (χ4n) is 9.01. The molecule has 0 aliphatic heterocycles. The van der Waals surface area contributed by atoms with Crippen LogP contribution in [0.25, 0.3) is 0 Å². The lowest BCUT2D eigenvalue weighted by Gasteiger charge is -2.18. The van der Waals surface area contributed by atoms with Gasteiger partial charge in [0.15, 0.2) is 6.10 Å². The second-order valence-electron chi connectivity index (χ2n) is 21.3. The first kappa shape index (κ1) is 72.3. The number of hydrogen-bond acceptors (Lipinski definition) is 6. The molecule has 1 atom stereocenters. The topological polar surface area (TPSA) is 78.9 Å². The summed E-state index contributed by atoms with van der Waals surface area (Å²) in [5.74, 6) is -0.878. The van der Waals surface area contributed by atoms with Gasteiger partial charge >= 0.3 is 17.9 Å². The standard InChI is InChI=1S/C70H120O6/c1-4-7-10-13-16-19-22-24-26-28-30-31-32-33-34-35-36-37-38-39-41-42-44-46-48-51-54-57-60-63-69(72)75-66-67(65-74-68(71)62-59-56-53-50-21-18-15-12-9-6-3)76-70(73)64-61-58-55-52-49-47-45-43-40-29-27-25-23-20-17-14-11-8-5-2/h7,10,16-17,19-20,24-27,30-31,33-34,36-37,67H,4-6,8-9,11-15,18,21-23,28-29,32,35,38-66H2,1-3H3/b10-7-,19-16-,20-17-,26-24-,27-25-,31-30-,34-33-,37-36-. The first-order valence-electron chi connectivity index (χ1n) is 32.2. The Bertz CT molecular complexity index is 1490. The summed E-state index contributed by atoms with van der Waals surface area (Å²) in [6.45, 7) is 6.51. The van der Waals surface area contributed by atoms with Crippen LogP contribution >= 0.6 is 0 Å². The van der Waals surface area contributed by atoms with Crippen LogP contribution in [0.4, 0.5) is 0 Å². The van der Waals surface area contributed by atoms with E-state index in [-0.39, 0.29) is 31.1 Å². The van der Waals surface area contributed by atoms with Crippen molar-refractivity contribution in [2.24, 2.45) is 0 Å². The molecule has 0 saturated heterocycles. The van der Waals surface area contributed by atoms with Crippen molar-refractivity contribution >= 4 is 17.9 Å². The predicted octanol–water partition coefficient (Wildman–Crippen LogP) is 22.0. The Labute approximate surface area is 470 Å². The Morgan fingerprint density at radius 1 is 0.276 bits per heavy atom. The Morgan fingerprint density at radius 2 is 0.513 bits per heavy atom. The van der Waals surface area contributed by atoms with Crippen LogP contribution in [-0.2, 0) is 28.6 Å². The molecule has 0 spiro atoms. The second-order valence-corrected chi connectivity index (χ2v) is 21.3. The molecule has 76 heavy (non-hydrogen) atoms. The lowest BCUT2D eigenvalue weighted by Crippen LogP contribution is -2.30. The van der Waals surface area contributed by atoms with Crippen molar-refractivity contribution in [2.45, 2.75) is 316 Å². The van der Waals surface area contributed by atoms with Gasteiger partial charge in [-0.1, -0.05) is 285 Å². The highest BCUT2D eigenvalue weighted by molar-refractivity contribution is 5.71. The van der Waals surface area contributed by atoms with Crippen molar-refractivity contribution in [1.29, 1.82) is 0 Å². The summed E-state index contributed by atoms with van der Waals surface area (Å²) in [6, 6.07) is 0. The van der Waals surface area contributed by atoms with Gasteiger partial charge in [0.05, 0.1) is 0 Å². The summed E-state index contributed by atoms with van der Waals surface area (Å²) in [7, 11) is 0. The molecule has 0 aromatic heterocycles. The number of ether oxygens (including phenoxy) is 3. The van der Waals surface area contributed by atoms with E-state index >= 15 is 0 Å². The molecule has 6 nitrogen and oxygen atoms in total. The molecule has 0 radical (unpaired) electrons. The van der Waals surface area contributed by atoms with Gasteiger partial charge in [-0.3, -0.25) is 14.4 Å². The minimum Gasteiger partial charge on any atom is -0.462 e. The number of unbranched alkanes of at least 4 members (excludes halogenated alkanes) is 31. The first-order valence-corrected chi connectivity index (χ1v) is 32.2. The van der Waals surface area contributed by atoms with Gasteiger partial charge in [-0.05, 0) is 103 Å². The van der Waals surface area contributed by atoms with E-state index in [0.29, 0.717) is 19.3 Å². The normalized spacial score (nSPS) is 12.7. The third kappa shape index (κ3) is 61.2. The monoisotopic (exact) mass is 1060 g/mol. The van der Waals surface area contributed by atoms with Crippen LogP contribution in [0.5, 0.6) is 0 Å². The van der Waals surface area contributed by atoms with Gasteiger partial charge in [0.1, 0.15) is 13.2 Å². The van der Waals surface area contributed by atoms with Crippen molar-refractivity contribution in [1.82, 2.24) is 0 Å². The van der Waals surface area contributed by atoms with Crippen LogP contribution < -0.4 is 0 Å². The molecule has 0 aromatic carbocycles. The fraction of sp³-hybridized carbons (Fsp3) is 0.729. The summed E-state index contributed by atoms with van der Waals surface area (Å²) in [4.78, 5) is 38.2. The van der Waals surface area contributed by atoms with Gasteiger partial charge in [-0.2, -0.15) is 0 Å². The van der Waals surface area contributed by atoms with Crippen LogP contribution in [0.15, 0.2) is 97.2 Å². The van der Waals surface area contributed by atoms with Crippen LogP contribution in [0.1, 0.15) is 310 Å². The summed E-state index contributed by atoms with van der Waals surface area (Å²) in [5, 5.41) is 0. The average molecular weight is 1060 g/mol. The molecule has 0 amide bonds. The van der Waals surface area contributed by atoms with Crippen LogP contribution in [0, 0.1) is 0 Å². The van der Waals surface area contributed by atoms with Crippen molar-refractivity contribution in [2.75, 3.05) is 13.2 Å². The Hall–Kier alpha value is -3.67. The van der Waals surface area contributed by atoms with E-state index < -0.39 is 6.10 Å². The zero-order chi connectivity index (χ0) is 55.0. The largest absolute Gasteiger partial charge is 0.462 e. The predicted molar refractivity (Wildman–Crippen MR) is 330 cm³/mol. The van der Waals surface area contributed by atoms with Gasteiger partial charge in [0, 0.05) is 19.3 Å². The third-order valence-electron chi connectivity index (χ3n) is 13.8. The molecule has 0 aliphatic rings. The SMILES string of the molecule is CC/C=C\C/C=C\C/C=C\C/C=C\C/C=C\C/C=C\CCCCCCCCCCCCC(=O)OCC(COC(=O)CCCCCCCCCCCC)OC(=O)CCCCCCCCCCC/C=C\C/C=C\CCCCC. The van der Waals surface area contributed by atoms with Crippen molar-refractivity contribution in [3.63, 3.8) is 0 Å². The molecule has 0 bridgehead atoms. The molecule has 436 valence electrons. The number of carbonyl (C=O) groups excluding carboxylic acids is 3. The van der Waals surface area contributed by atoms with E-state index in [1.165, 1.54) is 167 Å². The van der Waals surface area contributed by atoms with E-state index in [1.54, 1.807) is 0 Å². The molecule has 1 unspecified atom stereocenters. The Balaban J connectivity index is 4.23. The van der Waals surface area contributed by atoms with Crippen LogP contribution in [0.3, 0.4) is 0 Å². The van der Waals surface area contributed by atoms with Crippen molar-refractivity contribution in [3.8, 4) is 0 Å². The van der Waals surface area contributed by atoms with E-state index in [4.69, 9.17) is 14.2 Å². The maximum absolute atomic E-state index is 12.9. The van der Waals surface area contributed by atoms with Crippen LogP contribution in [0.2, 0.25) is 0 Å². The molecule has 0 fully saturated rings. The van der Waals surface area contributed by atoms with Gasteiger partial charge in [0.2, 0.25) is 0 Å². The quantitative estimate of drug-likeness (QED) is 0.0261. The third-order valence-corrected chi connectivity index (χ3v) is 13.8. The summed E-state index contributed by atoms with van der Waals surface area (Å²) < 4.78 is 16.9. The zero-order valence-corrected chi connectivity index (χ0v) is 50.0. The molecule has 0 saturated carbocycles. The summed E-state index contributed by atoms with van der Waals surface area (Å²) in [6.07, 6.45) is 85.6. The molecule has 0 rings (SSSR count). The fourth-order valence-corrected chi connectivity index (χ4v) is 9.01. The molecule has 0 aromatic rings. The van der Waals surface area contributed by atoms with Crippen LogP contribution in [-0.4, -0.2) is 37.2 Å². The second kappa shape index (κ2) is 63.9. The van der Waals surface area contributed by atoms with Gasteiger partial charge < -0.3 is 14.2 Å². The molecule has 0 N–H and O–H groups in total. The Morgan fingerprint density at radius 3 is 0.829 bits per heavy atom. The number of esters is 3. The Kier molecular flexibility index (Phi) is 60.8. The number of hydrogen-bond donors (Lipinski definition) is 0. The lowest BCUT2D eigenvalue weighted by atomic mass is 10.1. The summed E-state index contributed by atoms with van der Waals surface area (Å²) in [5.41, 5.74) is 0. The maximum atomic E-state index is 12.9. The van der Waals surface area contributed by atoms with Crippen molar-refractivity contribution < 1.29 is 28.6 Å². The minimum atomic E-state index is -0.780. The minimum absolute atomic E-state index is 0.0775. The van der Waals surface area contributed by atoms with Crippen molar-refractivity contribution in [3.05, 3.63) is 97.2 Å². The molecular weight excluding hydrogens is 937 g/mol. The number of allylic oxidation sites excluding steroid dienone is 16. The van der Waals surface area contributed by atoms with E-state index in [9.17, 15) is 14.4 Å². The highest BCUT2D eigenvalue weighted by atomic mass is 16.6. The molecule has 6 heteroatoms. The highest BCUT2D eigenvalue weighted by Crippen LogP contribution is 2.16. The number of rotatable bonds is 58. The average Bonchev–Trinajstić information content (AvgIpc) is 3.42. The maximum Gasteiger partial charge on any atom is 0.306 e. The highest BCUT2D eigenvalue weighted by Gasteiger charge is 2.19. The molecule has 0 aliphatic carbocycles. The summed E-state index contributed by atoms with van der Waals surface area (Å²) >= 11 is 0. The van der Waals surface area contributed by atoms with Gasteiger partial charge in [-0.15, -0.1) is 0 Å². The van der Waals surface area contributed by atoms with Gasteiger partial charge in [0.25, 0.3) is 0 Å². The first-order chi connectivity index (χ1) is 37.5. The smallest absolute Gasteiger partial charge is 0.306 e. The van der Waals surface area contributed by atoms with Gasteiger partial charge in [-0.25, -0.2) is 0 Å². The lowest BCUT2D eigenvalue weighted by molar-refractivity contribution is -0.167. The van der Waals surface area contributed by atoms with E-state index in [1.807, 2.05) is 0 Å².